The molecule has 1 aliphatic rings. The first-order valence-electron chi connectivity index (χ1n) is 10.5. The SMILES string of the molecule is CC(C)S(=O)(=O)c1ccc(CC(=O)NCC2CCN(C(=O)NC(C)(C)C)CC2)cc1. The Labute approximate surface area is 180 Å². The molecule has 0 unspecified atom stereocenters. The van der Waals surface area contributed by atoms with Crippen molar-refractivity contribution in [2.75, 3.05) is 19.6 Å². The lowest BCUT2D eigenvalue weighted by atomic mass is 9.96. The molecule has 30 heavy (non-hydrogen) atoms. The van der Waals surface area contributed by atoms with Crippen molar-refractivity contribution in [3.05, 3.63) is 29.8 Å². The maximum absolute atomic E-state index is 12.3. The number of carbonyl (C=O) groups excluding carboxylic acids is 2. The van der Waals surface area contributed by atoms with Gasteiger partial charge in [0.15, 0.2) is 9.84 Å². The maximum Gasteiger partial charge on any atom is 0.317 e. The van der Waals surface area contributed by atoms with E-state index in [1.165, 1.54) is 0 Å². The molecule has 1 aliphatic heterocycles. The fourth-order valence-corrected chi connectivity index (χ4v) is 4.38. The molecule has 0 bridgehead atoms. The number of nitrogens with one attached hydrogen (secondary N) is 2. The molecule has 1 saturated heterocycles. The molecule has 1 heterocycles. The van der Waals surface area contributed by atoms with Gasteiger partial charge in [-0.1, -0.05) is 12.1 Å². The predicted molar refractivity (Wildman–Crippen MR) is 118 cm³/mol. The number of carbonyl (C=O) groups is 2. The Morgan fingerprint density at radius 3 is 2.17 bits per heavy atom. The molecule has 0 radical (unpaired) electrons. The number of amides is 3. The summed E-state index contributed by atoms with van der Waals surface area (Å²) in [6, 6.07) is 6.49. The van der Waals surface area contributed by atoms with E-state index in [1.807, 2.05) is 25.7 Å². The summed E-state index contributed by atoms with van der Waals surface area (Å²) < 4.78 is 24.3. The number of urea groups is 1. The standard InChI is InChI=1S/C22H35N3O4S/c1-16(2)30(28,29)19-8-6-17(7-9-19)14-20(26)23-15-18-10-12-25(13-11-18)21(27)24-22(3,4)5/h6-9,16,18H,10-15H2,1-5H3,(H,23,26)(H,24,27). The Kier molecular flexibility index (Phi) is 7.91. The van der Waals surface area contributed by atoms with Crippen molar-refractivity contribution in [2.45, 2.75) is 69.6 Å². The van der Waals surface area contributed by atoms with Gasteiger partial charge in [0.2, 0.25) is 5.91 Å². The van der Waals surface area contributed by atoms with Gasteiger partial charge in [-0.05, 0) is 71.1 Å². The van der Waals surface area contributed by atoms with Gasteiger partial charge in [-0.2, -0.15) is 0 Å². The highest BCUT2D eigenvalue weighted by atomic mass is 32.2. The van der Waals surface area contributed by atoms with Crippen LogP contribution in [0, 0.1) is 5.92 Å². The smallest absolute Gasteiger partial charge is 0.317 e. The third kappa shape index (κ3) is 7.00. The molecule has 1 fully saturated rings. The number of hydrogen-bond donors (Lipinski definition) is 2. The number of piperidine rings is 1. The average molecular weight is 438 g/mol. The predicted octanol–water partition coefficient (Wildman–Crippen LogP) is 2.75. The van der Waals surface area contributed by atoms with Crippen LogP contribution in [0.1, 0.15) is 53.0 Å². The second-order valence-electron chi connectivity index (χ2n) is 9.33. The van der Waals surface area contributed by atoms with Crippen LogP contribution in [0.2, 0.25) is 0 Å². The van der Waals surface area contributed by atoms with E-state index in [4.69, 9.17) is 0 Å². The van der Waals surface area contributed by atoms with Crippen molar-refractivity contribution in [1.29, 1.82) is 0 Å². The van der Waals surface area contributed by atoms with Gasteiger partial charge in [-0.15, -0.1) is 0 Å². The van der Waals surface area contributed by atoms with Crippen LogP contribution in [0.3, 0.4) is 0 Å². The largest absolute Gasteiger partial charge is 0.356 e. The van der Waals surface area contributed by atoms with Gasteiger partial charge in [-0.25, -0.2) is 13.2 Å². The highest BCUT2D eigenvalue weighted by Gasteiger charge is 2.25. The monoisotopic (exact) mass is 437 g/mol. The van der Waals surface area contributed by atoms with Crippen molar-refractivity contribution >= 4 is 21.8 Å². The van der Waals surface area contributed by atoms with Crippen LogP contribution in [0.15, 0.2) is 29.2 Å². The number of benzene rings is 1. The third-order valence-corrected chi connectivity index (χ3v) is 7.38. The second kappa shape index (κ2) is 9.81. The minimum atomic E-state index is -3.30. The molecule has 3 amide bonds. The first kappa shape index (κ1) is 24.2. The zero-order valence-electron chi connectivity index (χ0n) is 18.7. The van der Waals surface area contributed by atoms with Gasteiger partial charge >= 0.3 is 6.03 Å². The average Bonchev–Trinajstić information content (AvgIpc) is 2.65. The number of sulfone groups is 1. The van der Waals surface area contributed by atoms with E-state index in [-0.39, 0.29) is 28.8 Å². The third-order valence-electron chi connectivity index (χ3n) is 5.21. The van der Waals surface area contributed by atoms with Gasteiger partial charge < -0.3 is 15.5 Å². The topological polar surface area (TPSA) is 95.6 Å². The summed E-state index contributed by atoms with van der Waals surface area (Å²) in [6.07, 6.45) is 1.94. The van der Waals surface area contributed by atoms with Gasteiger partial charge in [0, 0.05) is 25.2 Å². The van der Waals surface area contributed by atoms with Crippen molar-refractivity contribution in [3.63, 3.8) is 0 Å². The van der Waals surface area contributed by atoms with Crippen molar-refractivity contribution in [3.8, 4) is 0 Å². The van der Waals surface area contributed by atoms with Gasteiger partial charge in [0.1, 0.15) is 0 Å². The zero-order valence-corrected chi connectivity index (χ0v) is 19.5. The van der Waals surface area contributed by atoms with Crippen LogP contribution in [0.4, 0.5) is 4.79 Å². The van der Waals surface area contributed by atoms with Crippen LogP contribution in [-0.2, 0) is 21.1 Å². The molecule has 1 aromatic carbocycles. The summed E-state index contributed by atoms with van der Waals surface area (Å²) >= 11 is 0. The Balaban J connectivity index is 1.76. The number of nitrogens with zero attached hydrogens (tertiary/aromatic N) is 1. The summed E-state index contributed by atoms with van der Waals surface area (Å²) in [5.41, 5.74) is 0.530. The van der Waals surface area contributed by atoms with Crippen LogP contribution in [0.25, 0.3) is 0 Å². The van der Waals surface area contributed by atoms with E-state index in [1.54, 1.807) is 38.1 Å². The highest BCUT2D eigenvalue weighted by molar-refractivity contribution is 7.92. The van der Waals surface area contributed by atoms with E-state index in [0.29, 0.717) is 25.6 Å². The zero-order chi connectivity index (χ0) is 22.5. The number of hydrogen-bond acceptors (Lipinski definition) is 4. The summed E-state index contributed by atoms with van der Waals surface area (Å²) in [6.45, 7) is 11.2. The molecule has 2 N–H and O–H groups in total. The molecule has 0 aromatic heterocycles. The number of likely N-dealkylation sites (tertiary alicyclic amines) is 1. The first-order valence-corrected chi connectivity index (χ1v) is 12.1. The van der Waals surface area contributed by atoms with Crippen LogP contribution in [0.5, 0.6) is 0 Å². The fourth-order valence-electron chi connectivity index (χ4n) is 3.32. The van der Waals surface area contributed by atoms with E-state index in [9.17, 15) is 18.0 Å². The molecule has 2 rings (SSSR count). The van der Waals surface area contributed by atoms with Crippen LogP contribution in [-0.4, -0.2) is 55.7 Å². The van der Waals surface area contributed by atoms with E-state index in [2.05, 4.69) is 10.6 Å². The van der Waals surface area contributed by atoms with Gasteiger partial charge in [-0.3, -0.25) is 4.79 Å². The van der Waals surface area contributed by atoms with Crippen LogP contribution >= 0.6 is 0 Å². The van der Waals surface area contributed by atoms with Crippen molar-refractivity contribution < 1.29 is 18.0 Å². The molecule has 0 saturated carbocycles. The summed E-state index contributed by atoms with van der Waals surface area (Å²) in [4.78, 5) is 26.6. The highest BCUT2D eigenvalue weighted by Crippen LogP contribution is 2.18. The molecule has 0 spiro atoms. The lowest BCUT2D eigenvalue weighted by Crippen LogP contribution is -2.51. The van der Waals surface area contributed by atoms with E-state index >= 15 is 0 Å². The lowest BCUT2D eigenvalue weighted by molar-refractivity contribution is -0.120. The molecule has 1 aromatic rings. The summed E-state index contributed by atoms with van der Waals surface area (Å²) in [5, 5.41) is 5.48. The number of rotatable bonds is 6. The normalized spacial score (nSPS) is 15.9. The van der Waals surface area contributed by atoms with Crippen molar-refractivity contribution in [2.24, 2.45) is 5.92 Å². The van der Waals surface area contributed by atoms with Gasteiger partial charge in [0.25, 0.3) is 0 Å². The molecule has 7 nitrogen and oxygen atoms in total. The van der Waals surface area contributed by atoms with Crippen molar-refractivity contribution in [1.82, 2.24) is 15.5 Å². The van der Waals surface area contributed by atoms with Crippen LogP contribution < -0.4 is 10.6 Å². The summed E-state index contributed by atoms with van der Waals surface area (Å²) in [7, 11) is -3.30. The quantitative estimate of drug-likeness (QED) is 0.715. The lowest BCUT2D eigenvalue weighted by Gasteiger charge is -2.34. The minimum absolute atomic E-state index is 0.0343. The minimum Gasteiger partial charge on any atom is -0.356 e. The molecule has 0 aliphatic carbocycles. The summed E-state index contributed by atoms with van der Waals surface area (Å²) in [5.74, 6) is 0.272. The second-order valence-corrected chi connectivity index (χ2v) is 11.8. The Bertz CT molecular complexity index is 834. The molecular formula is C22H35N3O4S. The maximum atomic E-state index is 12.3. The molecular weight excluding hydrogens is 402 g/mol. The van der Waals surface area contributed by atoms with E-state index in [0.717, 1.165) is 18.4 Å². The molecule has 168 valence electrons. The first-order chi connectivity index (χ1) is 13.9. The van der Waals surface area contributed by atoms with E-state index < -0.39 is 15.1 Å². The Hall–Kier alpha value is -2.09. The fraction of sp³-hybridized carbons (Fsp3) is 0.636. The van der Waals surface area contributed by atoms with Gasteiger partial charge in [0.05, 0.1) is 16.6 Å². The molecule has 8 heteroatoms. The molecule has 0 atom stereocenters. The Morgan fingerprint density at radius 1 is 1.10 bits per heavy atom. The Morgan fingerprint density at radius 2 is 1.67 bits per heavy atom.